The summed E-state index contributed by atoms with van der Waals surface area (Å²) in [4.78, 5) is 23.1. The zero-order chi connectivity index (χ0) is 18.8. The predicted octanol–water partition coefficient (Wildman–Crippen LogP) is 4.74. The minimum Gasteiger partial charge on any atom is -0.495 e. The molecule has 132 valence electrons. The first-order valence-electron chi connectivity index (χ1n) is 6.99. The first-order valence-corrected chi connectivity index (χ1v) is 7.37. The van der Waals surface area contributed by atoms with Gasteiger partial charge in [-0.1, -0.05) is 11.6 Å². The Labute approximate surface area is 146 Å². The Hall–Kier alpha value is -2.54. The number of carbonyl (C=O) groups is 2. The number of anilines is 1. The highest BCUT2D eigenvalue weighted by molar-refractivity contribution is 6.32. The van der Waals surface area contributed by atoms with E-state index in [1.807, 2.05) is 0 Å². The molecule has 2 aromatic carbocycles. The van der Waals surface area contributed by atoms with Crippen LogP contribution in [0.2, 0.25) is 5.02 Å². The van der Waals surface area contributed by atoms with Crippen LogP contribution in [0.15, 0.2) is 30.3 Å². The van der Waals surface area contributed by atoms with Gasteiger partial charge >= 0.3 is 6.18 Å². The van der Waals surface area contributed by atoms with Gasteiger partial charge in [-0.25, -0.2) is 0 Å². The van der Waals surface area contributed by atoms with E-state index in [9.17, 15) is 22.8 Å². The number of benzene rings is 2. The Morgan fingerprint density at radius 2 is 1.92 bits per heavy atom. The molecule has 0 saturated carbocycles. The van der Waals surface area contributed by atoms with Crippen LogP contribution < -0.4 is 10.1 Å². The molecule has 0 saturated heterocycles. The zero-order valence-electron chi connectivity index (χ0n) is 13.2. The van der Waals surface area contributed by atoms with Gasteiger partial charge in [-0.05, 0) is 42.8 Å². The molecular formula is C17H13ClF3NO3. The van der Waals surface area contributed by atoms with Crippen LogP contribution in [0.4, 0.5) is 18.9 Å². The molecule has 0 aromatic heterocycles. The molecule has 0 aliphatic carbocycles. The second kappa shape index (κ2) is 7.14. The maximum absolute atomic E-state index is 13.1. The number of methoxy groups -OCH3 is 1. The SMILES string of the molecule is COc1c(Cl)cc(C(=O)Nc2ccc(C=O)c(C)c2)cc1C(F)(F)F. The lowest BCUT2D eigenvalue weighted by Crippen LogP contribution is -2.15. The molecule has 25 heavy (non-hydrogen) atoms. The fourth-order valence-corrected chi connectivity index (χ4v) is 2.53. The number of rotatable bonds is 4. The van der Waals surface area contributed by atoms with E-state index in [2.05, 4.69) is 10.1 Å². The summed E-state index contributed by atoms with van der Waals surface area (Å²) >= 11 is 5.81. The molecule has 1 N–H and O–H groups in total. The molecule has 0 heterocycles. The second-order valence-corrected chi connectivity index (χ2v) is 5.59. The van der Waals surface area contributed by atoms with Crippen molar-refractivity contribution < 1.29 is 27.5 Å². The lowest BCUT2D eigenvalue weighted by atomic mass is 10.1. The van der Waals surface area contributed by atoms with Gasteiger partial charge in [-0.3, -0.25) is 9.59 Å². The molecule has 0 aliphatic heterocycles. The minimum atomic E-state index is -4.73. The predicted molar refractivity (Wildman–Crippen MR) is 87.5 cm³/mol. The third-order valence-corrected chi connectivity index (χ3v) is 3.75. The zero-order valence-corrected chi connectivity index (χ0v) is 14.0. The van der Waals surface area contributed by atoms with Crippen molar-refractivity contribution >= 4 is 29.5 Å². The van der Waals surface area contributed by atoms with Gasteiger partial charge in [-0.15, -0.1) is 0 Å². The van der Waals surface area contributed by atoms with Crippen LogP contribution in [0.3, 0.4) is 0 Å². The van der Waals surface area contributed by atoms with Gasteiger partial charge in [0, 0.05) is 16.8 Å². The van der Waals surface area contributed by atoms with Gasteiger partial charge in [0.25, 0.3) is 5.91 Å². The van der Waals surface area contributed by atoms with Gasteiger partial charge in [0.05, 0.1) is 17.7 Å². The molecule has 4 nitrogen and oxygen atoms in total. The second-order valence-electron chi connectivity index (χ2n) is 5.18. The molecule has 0 atom stereocenters. The van der Waals surface area contributed by atoms with E-state index in [1.54, 1.807) is 6.92 Å². The third kappa shape index (κ3) is 4.11. The number of aryl methyl sites for hydroxylation is 1. The van der Waals surface area contributed by atoms with E-state index in [4.69, 9.17) is 11.6 Å². The quantitative estimate of drug-likeness (QED) is 0.790. The van der Waals surface area contributed by atoms with Gasteiger partial charge in [0.1, 0.15) is 12.0 Å². The average Bonchev–Trinajstić information content (AvgIpc) is 2.53. The summed E-state index contributed by atoms with van der Waals surface area (Å²) in [6.45, 7) is 1.67. The van der Waals surface area contributed by atoms with Gasteiger partial charge in [0.15, 0.2) is 0 Å². The van der Waals surface area contributed by atoms with Crippen molar-refractivity contribution in [1.82, 2.24) is 0 Å². The Morgan fingerprint density at radius 3 is 2.44 bits per heavy atom. The highest BCUT2D eigenvalue weighted by Gasteiger charge is 2.36. The number of alkyl halides is 3. The van der Waals surface area contributed by atoms with Gasteiger partial charge in [-0.2, -0.15) is 13.2 Å². The van der Waals surface area contributed by atoms with Gasteiger partial charge in [0.2, 0.25) is 0 Å². The number of halogens is 4. The molecule has 0 fully saturated rings. The van der Waals surface area contributed by atoms with E-state index < -0.39 is 23.4 Å². The van der Waals surface area contributed by atoms with Crippen LogP contribution in [0.1, 0.15) is 31.8 Å². The van der Waals surface area contributed by atoms with Crippen LogP contribution in [0.5, 0.6) is 5.75 Å². The van der Waals surface area contributed by atoms with E-state index in [-0.39, 0.29) is 10.6 Å². The Kier molecular flexibility index (Phi) is 5.37. The molecule has 0 bridgehead atoms. The molecule has 2 rings (SSSR count). The molecule has 0 radical (unpaired) electrons. The average molecular weight is 372 g/mol. The number of nitrogens with one attached hydrogen (secondary N) is 1. The van der Waals surface area contributed by atoms with Crippen molar-refractivity contribution in [1.29, 1.82) is 0 Å². The molecule has 8 heteroatoms. The van der Waals surface area contributed by atoms with Crippen LogP contribution in [0.25, 0.3) is 0 Å². The highest BCUT2D eigenvalue weighted by atomic mass is 35.5. The number of carbonyl (C=O) groups excluding carboxylic acids is 2. The van der Waals surface area contributed by atoms with Crippen LogP contribution in [-0.4, -0.2) is 19.3 Å². The summed E-state index contributed by atoms with van der Waals surface area (Å²) in [7, 11) is 1.06. The van der Waals surface area contributed by atoms with E-state index >= 15 is 0 Å². The number of amides is 1. The molecule has 1 amide bonds. The highest BCUT2D eigenvalue weighted by Crippen LogP contribution is 2.41. The summed E-state index contributed by atoms with van der Waals surface area (Å²) in [5, 5.41) is 2.15. The summed E-state index contributed by atoms with van der Waals surface area (Å²) < 4.78 is 44.0. The summed E-state index contributed by atoms with van der Waals surface area (Å²) in [5.41, 5.74) is 0.00497. The van der Waals surface area contributed by atoms with Crippen LogP contribution in [-0.2, 0) is 6.18 Å². The normalized spacial score (nSPS) is 11.1. The maximum atomic E-state index is 13.1. The lowest BCUT2D eigenvalue weighted by Gasteiger charge is -2.15. The van der Waals surface area contributed by atoms with Crippen LogP contribution in [0, 0.1) is 6.92 Å². The van der Waals surface area contributed by atoms with Crippen molar-refractivity contribution in [3.8, 4) is 5.75 Å². The third-order valence-electron chi connectivity index (χ3n) is 3.47. The maximum Gasteiger partial charge on any atom is 0.420 e. The molecule has 0 unspecified atom stereocenters. The Bertz CT molecular complexity index is 835. The first kappa shape index (κ1) is 18.8. The van der Waals surface area contributed by atoms with Crippen molar-refractivity contribution in [2.75, 3.05) is 12.4 Å². The van der Waals surface area contributed by atoms with E-state index in [0.29, 0.717) is 29.2 Å². The smallest absolute Gasteiger partial charge is 0.420 e. The van der Waals surface area contributed by atoms with Crippen LogP contribution >= 0.6 is 11.6 Å². The van der Waals surface area contributed by atoms with E-state index in [0.717, 1.165) is 13.2 Å². The molecular weight excluding hydrogens is 359 g/mol. The minimum absolute atomic E-state index is 0.268. The topological polar surface area (TPSA) is 55.4 Å². The summed E-state index contributed by atoms with van der Waals surface area (Å²) in [6, 6.07) is 6.28. The number of aldehydes is 1. The van der Waals surface area contributed by atoms with Crippen molar-refractivity contribution in [2.45, 2.75) is 13.1 Å². The van der Waals surface area contributed by atoms with Crippen molar-refractivity contribution in [3.63, 3.8) is 0 Å². The molecule has 0 spiro atoms. The fraction of sp³-hybridized carbons (Fsp3) is 0.176. The van der Waals surface area contributed by atoms with Crippen molar-refractivity contribution in [3.05, 3.63) is 57.6 Å². The van der Waals surface area contributed by atoms with E-state index in [1.165, 1.54) is 18.2 Å². The number of hydrogen-bond acceptors (Lipinski definition) is 3. The summed E-state index contributed by atoms with van der Waals surface area (Å²) in [5.74, 6) is -1.31. The lowest BCUT2D eigenvalue weighted by molar-refractivity contribution is -0.138. The Morgan fingerprint density at radius 1 is 1.24 bits per heavy atom. The standard InChI is InChI=1S/C17H13ClF3NO3/c1-9-5-12(4-3-10(9)8-23)22-16(24)11-6-13(17(19,20)21)15(25-2)14(18)7-11/h3-8H,1-2H3,(H,22,24). The fourth-order valence-electron chi connectivity index (χ4n) is 2.23. The number of hydrogen-bond donors (Lipinski definition) is 1. The number of ether oxygens (including phenoxy) is 1. The largest absolute Gasteiger partial charge is 0.495 e. The molecule has 2 aromatic rings. The first-order chi connectivity index (χ1) is 11.7. The molecule has 0 aliphatic rings. The summed E-state index contributed by atoms with van der Waals surface area (Å²) in [6.07, 6.45) is -4.06. The monoisotopic (exact) mass is 371 g/mol. The van der Waals surface area contributed by atoms with Crippen molar-refractivity contribution in [2.24, 2.45) is 0 Å². The van der Waals surface area contributed by atoms with Gasteiger partial charge < -0.3 is 10.1 Å². The Balaban J connectivity index is 2.38.